The molecule has 130 valence electrons. The summed E-state index contributed by atoms with van der Waals surface area (Å²) < 4.78 is 5.65. The fourth-order valence-corrected chi connectivity index (χ4v) is 3.39. The Morgan fingerprint density at radius 1 is 1.00 bits per heavy atom. The Labute approximate surface area is 149 Å². The molecule has 0 spiro atoms. The third kappa shape index (κ3) is 3.52. The van der Waals surface area contributed by atoms with Gasteiger partial charge < -0.3 is 9.84 Å². The van der Waals surface area contributed by atoms with Gasteiger partial charge in [0.15, 0.2) is 0 Å². The molecule has 1 aliphatic rings. The molecular weight excluding hydrogens is 312 g/mol. The molecule has 1 N–H and O–H groups in total. The zero-order valence-corrected chi connectivity index (χ0v) is 14.8. The quantitative estimate of drug-likeness (QED) is 0.675. The van der Waals surface area contributed by atoms with Crippen molar-refractivity contribution in [2.45, 2.75) is 37.9 Å². The second-order valence-electron chi connectivity index (χ2n) is 7.50. The number of esters is 1. The van der Waals surface area contributed by atoms with Crippen molar-refractivity contribution in [1.82, 2.24) is 0 Å². The van der Waals surface area contributed by atoms with Crippen LogP contribution in [0.5, 0.6) is 0 Å². The molecule has 0 saturated heterocycles. The van der Waals surface area contributed by atoms with Gasteiger partial charge in [-0.1, -0.05) is 72.8 Å². The van der Waals surface area contributed by atoms with Crippen molar-refractivity contribution in [3.05, 3.63) is 83.9 Å². The Kier molecular flexibility index (Phi) is 4.53. The van der Waals surface area contributed by atoms with E-state index in [0.717, 1.165) is 5.56 Å². The van der Waals surface area contributed by atoms with Gasteiger partial charge in [-0.05, 0) is 31.9 Å². The standard InChI is InChI=1S/C22H24O3/c1-21(2,3)25-20(23)19-18(16-10-6-4-7-11-16)14-15-22(19,24)17-12-8-5-9-13-17/h4-15,18-19,24H,1-3H3/t18-,19+,22-/m0/s1. The summed E-state index contributed by atoms with van der Waals surface area (Å²) in [5.74, 6) is -1.35. The van der Waals surface area contributed by atoms with Gasteiger partial charge >= 0.3 is 5.97 Å². The van der Waals surface area contributed by atoms with Crippen molar-refractivity contribution in [1.29, 1.82) is 0 Å². The molecule has 0 aliphatic heterocycles. The number of rotatable bonds is 3. The topological polar surface area (TPSA) is 46.5 Å². The number of hydrogen-bond donors (Lipinski definition) is 1. The summed E-state index contributed by atoms with van der Waals surface area (Å²) in [5, 5.41) is 11.4. The van der Waals surface area contributed by atoms with Crippen molar-refractivity contribution in [2.75, 3.05) is 0 Å². The zero-order chi connectivity index (χ0) is 18.1. The molecule has 3 nitrogen and oxygen atoms in total. The molecule has 0 radical (unpaired) electrons. The van der Waals surface area contributed by atoms with E-state index in [-0.39, 0.29) is 5.92 Å². The first-order valence-electron chi connectivity index (χ1n) is 8.56. The summed E-state index contributed by atoms with van der Waals surface area (Å²) >= 11 is 0. The van der Waals surface area contributed by atoms with Crippen LogP contribution < -0.4 is 0 Å². The number of aliphatic hydroxyl groups is 1. The van der Waals surface area contributed by atoms with Crippen LogP contribution in [0.1, 0.15) is 37.8 Å². The van der Waals surface area contributed by atoms with E-state index in [1.807, 2.05) is 87.5 Å². The summed E-state index contributed by atoms with van der Waals surface area (Å²) in [5.41, 5.74) is -0.315. The van der Waals surface area contributed by atoms with Crippen LogP contribution in [0.25, 0.3) is 0 Å². The minimum Gasteiger partial charge on any atom is -0.460 e. The van der Waals surface area contributed by atoms with E-state index in [2.05, 4.69) is 0 Å². The number of ether oxygens (including phenoxy) is 1. The third-order valence-electron chi connectivity index (χ3n) is 4.47. The minimum atomic E-state index is -1.38. The van der Waals surface area contributed by atoms with Crippen LogP contribution in [-0.2, 0) is 15.1 Å². The van der Waals surface area contributed by atoms with E-state index in [1.54, 1.807) is 6.08 Å². The highest BCUT2D eigenvalue weighted by Crippen LogP contribution is 2.47. The molecule has 3 atom stereocenters. The van der Waals surface area contributed by atoms with Gasteiger partial charge in [-0.2, -0.15) is 0 Å². The maximum atomic E-state index is 13.0. The highest BCUT2D eigenvalue weighted by molar-refractivity contribution is 5.78. The van der Waals surface area contributed by atoms with Crippen LogP contribution in [0, 0.1) is 5.92 Å². The monoisotopic (exact) mass is 336 g/mol. The fraction of sp³-hybridized carbons (Fsp3) is 0.318. The molecule has 0 amide bonds. The molecule has 25 heavy (non-hydrogen) atoms. The highest BCUT2D eigenvalue weighted by atomic mass is 16.6. The minimum absolute atomic E-state index is 0.235. The average molecular weight is 336 g/mol. The molecule has 0 unspecified atom stereocenters. The molecule has 0 bridgehead atoms. The summed E-state index contributed by atoms with van der Waals surface area (Å²) in [6, 6.07) is 19.1. The maximum Gasteiger partial charge on any atom is 0.314 e. The van der Waals surface area contributed by atoms with Gasteiger partial charge in [0.25, 0.3) is 0 Å². The number of allylic oxidation sites excluding steroid dienone is 1. The molecule has 2 aromatic rings. The highest BCUT2D eigenvalue weighted by Gasteiger charge is 2.50. The van der Waals surface area contributed by atoms with E-state index in [1.165, 1.54) is 0 Å². The van der Waals surface area contributed by atoms with Gasteiger partial charge in [0.1, 0.15) is 17.1 Å². The van der Waals surface area contributed by atoms with Gasteiger partial charge in [0.05, 0.1) is 0 Å². The summed E-state index contributed by atoms with van der Waals surface area (Å²) in [4.78, 5) is 13.0. The molecule has 0 saturated carbocycles. The number of benzene rings is 2. The van der Waals surface area contributed by atoms with Gasteiger partial charge in [-0.25, -0.2) is 0 Å². The van der Waals surface area contributed by atoms with Gasteiger partial charge in [-0.15, -0.1) is 0 Å². The Hall–Kier alpha value is -2.39. The Bertz CT molecular complexity index is 759. The van der Waals surface area contributed by atoms with E-state index >= 15 is 0 Å². The van der Waals surface area contributed by atoms with E-state index in [0.29, 0.717) is 5.56 Å². The lowest BCUT2D eigenvalue weighted by molar-refractivity contribution is -0.167. The summed E-state index contributed by atoms with van der Waals surface area (Å²) in [6.45, 7) is 5.52. The first-order valence-corrected chi connectivity index (χ1v) is 8.56. The predicted octanol–water partition coefficient (Wildman–Crippen LogP) is 4.19. The Morgan fingerprint density at radius 2 is 1.56 bits per heavy atom. The van der Waals surface area contributed by atoms with E-state index in [4.69, 9.17) is 4.74 Å². The Balaban J connectivity index is 2.04. The van der Waals surface area contributed by atoms with Crippen LogP contribution in [0.15, 0.2) is 72.8 Å². The second kappa shape index (κ2) is 6.49. The van der Waals surface area contributed by atoms with E-state index < -0.39 is 23.1 Å². The van der Waals surface area contributed by atoms with Crippen molar-refractivity contribution >= 4 is 5.97 Å². The lowest BCUT2D eigenvalue weighted by Crippen LogP contribution is -2.41. The fourth-order valence-electron chi connectivity index (χ4n) is 3.39. The normalized spacial score (nSPS) is 25.8. The second-order valence-corrected chi connectivity index (χ2v) is 7.50. The first kappa shape index (κ1) is 17.4. The molecule has 2 aromatic carbocycles. The van der Waals surface area contributed by atoms with Crippen LogP contribution in [0.3, 0.4) is 0 Å². The SMILES string of the molecule is CC(C)(C)OC(=O)[C@H]1[C@H](c2ccccc2)C=C[C@]1(O)c1ccccc1. The number of carbonyl (C=O) groups is 1. The molecule has 3 heteroatoms. The third-order valence-corrected chi connectivity index (χ3v) is 4.47. The van der Waals surface area contributed by atoms with Crippen LogP contribution >= 0.6 is 0 Å². The maximum absolute atomic E-state index is 13.0. The van der Waals surface area contributed by atoms with Crippen molar-refractivity contribution in [3.8, 4) is 0 Å². The molecular formula is C22H24O3. The molecule has 1 aliphatic carbocycles. The van der Waals surface area contributed by atoms with Crippen LogP contribution in [0.4, 0.5) is 0 Å². The lowest BCUT2D eigenvalue weighted by Gasteiger charge is -2.34. The van der Waals surface area contributed by atoms with Crippen molar-refractivity contribution in [2.24, 2.45) is 5.92 Å². The van der Waals surface area contributed by atoms with Gasteiger partial charge in [0, 0.05) is 5.92 Å². The molecule has 0 aromatic heterocycles. The van der Waals surface area contributed by atoms with Crippen LogP contribution in [-0.4, -0.2) is 16.7 Å². The van der Waals surface area contributed by atoms with E-state index in [9.17, 15) is 9.90 Å². The molecule has 3 rings (SSSR count). The molecule has 0 heterocycles. The van der Waals surface area contributed by atoms with Crippen molar-refractivity contribution in [3.63, 3.8) is 0 Å². The largest absolute Gasteiger partial charge is 0.460 e. The number of hydrogen-bond acceptors (Lipinski definition) is 3. The van der Waals surface area contributed by atoms with Crippen molar-refractivity contribution < 1.29 is 14.6 Å². The predicted molar refractivity (Wildman–Crippen MR) is 98.0 cm³/mol. The van der Waals surface area contributed by atoms with Gasteiger partial charge in [-0.3, -0.25) is 4.79 Å². The number of carbonyl (C=O) groups excluding carboxylic acids is 1. The molecule has 0 fully saturated rings. The van der Waals surface area contributed by atoms with Gasteiger partial charge in [0.2, 0.25) is 0 Å². The smallest absolute Gasteiger partial charge is 0.314 e. The van der Waals surface area contributed by atoms with Crippen LogP contribution in [0.2, 0.25) is 0 Å². The summed E-state index contributed by atoms with van der Waals surface area (Å²) in [7, 11) is 0. The zero-order valence-electron chi connectivity index (χ0n) is 14.8. The average Bonchev–Trinajstić information content (AvgIpc) is 2.94. The summed E-state index contributed by atoms with van der Waals surface area (Å²) in [6.07, 6.45) is 3.64. The Morgan fingerprint density at radius 3 is 2.12 bits per heavy atom. The first-order chi connectivity index (χ1) is 11.8. The lowest BCUT2D eigenvalue weighted by atomic mass is 9.77.